The Morgan fingerprint density at radius 1 is 0.464 bits per heavy atom. The highest BCUT2D eigenvalue weighted by molar-refractivity contribution is 7.47. The first-order chi connectivity index (χ1) is 27.4. The van der Waals surface area contributed by atoms with E-state index in [-0.39, 0.29) is 32.3 Å². The van der Waals surface area contributed by atoms with Crippen molar-refractivity contribution in [2.45, 2.75) is 264 Å². The van der Waals surface area contributed by atoms with Crippen LogP contribution in [0.5, 0.6) is 0 Å². The number of hydrogen-bond acceptors (Lipinski definition) is 7. The SMILES string of the molecule is CCCCCCCCCCCCCCCCCCCCCCCC(=O)O[C@H](COCCCCCCCCCCCCCCCCCC)COP(=O)(O)OCCN. The number of carbonyl (C=O) groups is 1. The lowest BCUT2D eigenvalue weighted by Crippen LogP contribution is -2.28. The summed E-state index contributed by atoms with van der Waals surface area (Å²) in [5, 5.41) is 0. The van der Waals surface area contributed by atoms with Gasteiger partial charge in [-0.25, -0.2) is 4.57 Å². The topological polar surface area (TPSA) is 117 Å². The minimum atomic E-state index is -4.27. The predicted octanol–water partition coefficient (Wildman–Crippen LogP) is 14.9. The van der Waals surface area contributed by atoms with E-state index in [1.807, 2.05) is 0 Å². The highest BCUT2D eigenvalue weighted by Gasteiger charge is 2.25. The number of esters is 1. The molecule has 8 nitrogen and oxygen atoms in total. The van der Waals surface area contributed by atoms with Crippen LogP contribution in [0.3, 0.4) is 0 Å². The molecule has 0 bridgehead atoms. The molecule has 0 aliphatic heterocycles. The maximum Gasteiger partial charge on any atom is 0.472 e. The fraction of sp³-hybridized carbons (Fsp3) is 0.979. The molecule has 0 radical (unpaired) electrons. The van der Waals surface area contributed by atoms with Gasteiger partial charge in [-0.15, -0.1) is 0 Å². The summed E-state index contributed by atoms with van der Waals surface area (Å²) < 4.78 is 33.5. The van der Waals surface area contributed by atoms with Gasteiger partial charge in [0.2, 0.25) is 0 Å². The maximum atomic E-state index is 12.6. The molecule has 9 heteroatoms. The molecule has 0 saturated carbocycles. The molecular formula is C47H96NO7P. The highest BCUT2D eigenvalue weighted by Crippen LogP contribution is 2.43. The lowest BCUT2D eigenvalue weighted by atomic mass is 10.0. The zero-order chi connectivity index (χ0) is 40.9. The maximum absolute atomic E-state index is 12.6. The third-order valence-corrected chi connectivity index (χ3v) is 12.0. The van der Waals surface area contributed by atoms with Crippen LogP contribution >= 0.6 is 7.82 Å². The molecule has 56 heavy (non-hydrogen) atoms. The van der Waals surface area contributed by atoms with E-state index in [1.54, 1.807) is 0 Å². The van der Waals surface area contributed by atoms with Gasteiger partial charge in [-0.2, -0.15) is 0 Å². The average molecular weight is 818 g/mol. The third-order valence-electron chi connectivity index (χ3n) is 11.0. The first-order valence-corrected chi connectivity index (χ1v) is 26.0. The molecule has 0 aromatic rings. The Hall–Kier alpha value is -0.500. The Morgan fingerprint density at radius 3 is 1.12 bits per heavy atom. The molecule has 0 rings (SSSR count). The van der Waals surface area contributed by atoms with E-state index in [0.29, 0.717) is 13.0 Å². The van der Waals surface area contributed by atoms with Crippen molar-refractivity contribution in [1.82, 2.24) is 0 Å². The molecule has 0 aromatic heterocycles. The molecule has 0 fully saturated rings. The van der Waals surface area contributed by atoms with Gasteiger partial charge in [0, 0.05) is 19.6 Å². The number of hydrogen-bond donors (Lipinski definition) is 2. The molecule has 0 heterocycles. The smallest absolute Gasteiger partial charge is 0.457 e. The summed E-state index contributed by atoms with van der Waals surface area (Å²) in [6, 6.07) is 0. The van der Waals surface area contributed by atoms with E-state index < -0.39 is 13.9 Å². The van der Waals surface area contributed by atoms with E-state index >= 15 is 0 Å². The zero-order valence-corrected chi connectivity index (χ0v) is 38.3. The number of phosphoric ester groups is 1. The standard InChI is InChI=1S/C47H96NO7P/c1-3-5-7-9-11-13-15-17-19-21-22-23-24-25-26-28-30-32-34-36-38-40-47(49)55-46(45-54-56(50,51)53-43-41-48)44-52-42-39-37-35-33-31-29-27-20-18-16-14-12-10-8-6-4-2/h46H,3-45,48H2,1-2H3,(H,50,51)/t46-/m1/s1. The van der Waals surface area contributed by atoms with Crippen LogP contribution in [-0.2, 0) is 27.9 Å². The van der Waals surface area contributed by atoms with E-state index in [2.05, 4.69) is 13.8 Å². The summed E-state index contributed by atoms with van der Waals surface area (Å²) in [6.07, 6.45) is 48.4. The summed E-state index contributed by atoms with van der Waals surface area (Å²) in [5.74, 6) is -0.321. The van der Waals surface area contributed by atoms with Gasteiger partial charge >= 0.3 is 13.8 Å². The van der Waals surface area contributed by atoms with Crippen molar-refractivity contribution >= 4 is 13.8 Å². The fourth-order valence-electron chi connectivity index (χ4n) is 7.41. The molecule has 0 aliphatic carbocycles. The van der Waals surface area contributed by atoms with Gasteiger partial charge < -0.3 is 20.1 Å². The van der Waals surface area contributed by atoms with E-state index in [9.17, 15) is 14.3 Å². The van der Waals surface area contributed by atoms with Crippen molar-refractivity contribution in [3.63, 3.8) is 0 Å². The van der Waals surface area contributed by atoms with Crippen molar-refractivity contribution in [1.29, 1.82) is 0 Å². The number of carbonyl (C=O) groups excluding carboxylic acids is 1. The van der Waals surface area contributed by atoms with Crippen LogP contribution < -0.4 is 5.73 Å². The van der Waals surface area contributed by atoms with Gasteiger partial charge in [-0.05, 0) is 12.8 Å². The average Bonchev–Trinajstić information content (AvgIpc) is 3.19. The number of phosphoric acid groups is 1. The summed E-state index contributed by atoms with van der Waals surface area (Å²) in [5.41, 5.74) is 5.38. The van der Waals surface area contributed by atoms with Gasteiger partial charge in [-0.1, -0.05) is 239 Å². The second kappa shape index (κ2) is 45.6. The second-order valence-electron chi connectivity index (χ2n) is 16.7. The lowest BCUT2D eigenvalue weighted by molar-refractivity contribution is -0.154. The Kier molecular flexibility index (Phi) is 45.2. The molecular weight excluding hydrogens is 721 g/mol. The van der Waals surface area contributed by atoms with E-state index in [4.69, 9.17) is 24.3 Å². The van der Waals surface area contributed by atoms with E-state index in [1.165, 1.54) is 205 Å². The van der Waals surface area contributed by atoms with Crippen LogP contribution in [0.4, 0.5) is 0 Å². The summed E-state index contributed by atoms with van der Waals surface area (Å²) in [7, 11) is -4.27. The minimum Gasteiger partial charge on any atom is -0.457 e. The predicted molar refractivity (Wildman–Crippen MR) is 238 cm³/mol. The van der Waals surface area contributed by atoms with Crippen LogP contribution in [-0.4, -0.2) is 49.9 Å². The van der Waals surface area contributed by atoms with Gasteiger partial charge in [0.1, 0.15) is 6.10 Å². The summed E-state index contributed by atoms with van der Waals surface area (Å²) >= 11 is 0. The number of unbranched alkanes of at least 4 members (excludes halogenated alkanes) is 35. The molecule has 0 saturated heterocycles. The van der Waals surface area contributed by atoms with Crippen molar-refractivity contribution in [3.8, 4) is 0 Å². The highest BCUT2D eigenvalue weighted by atomic mass is 31.2. The molecule has 0 spiro atoms. The van der Waals surface area contributed by atoms with Crippen LogP contribution in [0.2, 0.25) is 0 Å². The van der Waals surface area contributed by atoms with Gasteiger partial charge in [0.05, 0.1) is 19.8 Å². The van der Waals surface area contributed by atoms with Crippen molar-refractivity contribution in [2.24, 2.45) is 5.73 Å². The number of ether oxygens (including phenoxy) is 2. The Balaban J connectivity index is 3.89. The molecule has 0 amide bonds. The molecule has 3 N–H and O–H groups in total. The van der Waals surface area contributed by atoms with Crippen molar-refractivity contribution in [2.75, 3.05) is 33.0 Å². The van der Waals surface area contributed by atoms with Crippen LogP contribution in [0.15, 0.2) is 0 Å². The zero-order valence-electron chi connectivity index (χ0n) is 37.4. The third kappa shape index (κ3) is 44.6. The molecule has 0 aromatic carbocycles. The van der Waals surface area contributed by atoms with Gasteiger partial charge in [0.15, 0.2) is 0 Å². The first kappa shape index (κ1) is 55.5. The normalized spacial score (nSPS) is 13.3. The largest absolute Gasteiger partial charge is 0.472 e. The Bertz CT molecular complexity index is 832. The molecule has 336 valence electrons. The molecule has 1 unspecified atom stereocenters. The first-order valence-electron chi connectivity index (χ1n) is 24.5. The van der Waals surface area contributed by atoms with Gasteiger partial charge in [0.25, 0.3) is 0 Å². The fourth-order valence-corrected chi connectivity index (χ4v) is 8.18. The van der Waals surface area contributed by atoms with Crippen LogP contribution in [0.25, 0.3) is 0 Å². The lowest BCUT2D eigenvalue weighted by Gasteiger charge is -2.20. The number of nitrogens with two attached hydrogens (primary N) is 1. The van der Waals surface area contributed by atoms with E-state index in [0.717, 1.165) is 32.1 Å². The Morgan fingerprint density at radius 2 is 0.786 bits per heavy atom. The minimum absolute atomic E-state index is 0.0898. The summed E-state index contributed by atoms with van der Waals surface area (Å²) in [4.78, 5) is 22.5. The molecule has 2 atom stereocenters. The summed E-state index contributed by atoms with van der Waals surface area (Å²) in [6.45, 7) is 5.00. The van der Waals surface area contributed by atoms with Crippen LogP contribution in [0.1, 0.15) is 258 Å². The quantitative estimate of drug-likeness (QED) is 0.0354. The Labute approximate surface area is 348 Å². The van der Waals surface area contributed by atoms with Crippen molar-refractivity contribution in [3.05, 3.63) is 0 Å². The monoisotopic (exact) mass is 818 g/mol. The van der Waals surface area contributed by atoms with Crippen LogP contribution in [0, 0.1) is 0 Å². The second-order valence-corrected chi connectivity index (χ2v) is 18.2. The molecule has 0 aliphatic rings. The van der Waals surface area contributed by atoms with Crippen molar-refractivity contribution < 1.29 is 32.8 Å². The van der Waals surface area contributed by atoms with Gasteiger partial charge in [-0.3, -0.25) is 13.8 Å². The number of rotatable bonds is 48.